The lowest BCUT2D eigenvalue weighted by atomic mass is 9.93. The first-order chi connectivity index (χ1) is 32.4. The van der Waals surface area contributed by atoms with Gasteiger partial charge in [-0.25, -0.2) is 0 Å². The van der Waals surface area contributed by atoms with Gasteiger partial charge in [0.2, 0.25) is 17.7 Å². The van der Waals surface area contributed by atoms with Crippen LogP contribution in [0.1, 0.15) is 90.0 Å². The van der Waals surface area contributed by atoms with E-state index in [1.165, 1.54) is 14.0 Å². The van der Waals surface area contributed by atoms with Crippen LogP contribution in [-0.2, 0) is 62.5 Å². The van der Waals surface area contributed by atoms with Crippen molar-refractivity contribution in [1.82, 2.24) is 21.3 Å². The van der Waals surface area contributed by atoms with Crippen LogP contribution in [0.15, 0.2) is 84.0 Å². The van der Waals surface area contributed by atoms with Crippen LogP contribution in [0.4, 0.5) is 0 Å². The Bertz CT molecular complexity index is 2220. The molecular weight excluding hydrogens is 869 g/mol. The van der Waals surface area contributed by atoms with E-state index in [2.05, 4.69) is 26.4 Å². The van der Waals surface area contributed by atoms with Gasteiger partial charge < -0.3 is 44.8 Å². The number of ether oxygens (including phenoxy) is 3. The Labute approximate surface area is 400 Å². The quantitative estimate of drug-likeness (QED) is 0.0232. The van der Waals surface area contributed by atoms with Gasteiger partial charge in [0.15, 0.2) is 12.3 Å². The molecule has 0 radical (unpaired) electrons. The summed E-state index contributed by atoms with van der Waals surface area (Å²) in [4.78, 5) is 87.9. The lowest BCUT2D eigenvalue weighted by Crippen LogP contribution is -2.61. The van der Waals surface area contributed by atoms with E-state index in [1.807, 2.05) is 100 Å². The first-order valence-corrected chi connectivity index (χ1v) is 23.7. The fraction of sp³-hybridized carbons (Fsp3) is 0.519. The van der Waals surface area contributed by atoms with Crippen molar-refractivity contribution in [1.29, 1.82) is 0 Å². The zero-order valence-corrected chi connectivity index (χ0v) is 40.9. The zero-order valence-electron chi connectivity index (χ0n) is 40.9. The Kier molecular flexibility index (Phi) is 19.4. The minimum Gasteiger partial charge on any atom is -0.426 e. The highest BCUT2D eigenvalue weighted by Gasteiger charge is 2.50. The van der Waals surface area contributed by atoms with Gasteiger partial charge >= 0.3 is 5.97 Å². The van der Waals surface area contributed by atoms with Crippen molar-refractivity contribution < 1.29 is 52.3 Å². The van der Waals surface area contributed by atoms with Gasteiger partial charge in [-0.15, -0.1) is 0 Å². The molecule has 4 amide bonds. The van der Waals surface area contributed by atoms with E-state index in [1.54, 1.807) is 19.9 Å². The molecule has 2 saturated heterocycles. The number of quaternary nitrogens is 1. The van der Waals surface area contributed by atoms with Crippen molar-refractivity contribution in [3.05, 3.63) is 101 Å². The summed E-state index contributed by atoms with van der Waals surface area (Å²) in [6.45, 7) is 15.2. The number of nitrogens with zero attached hydrogens (tertiary/aromatic N) is 2. The molecule has 2 fully saturated rings. The maximum Gasteiger partial charge on any atom is 0.308 e. The number of ketones is 1. The molecular formula is C52H71N6O10+. The first kappa shape index (κ1) is 53.0. The molecule has 5 rings (SSSR count). The molecule has 2 heterocycles. The monoisotopic (exact) mass is 940 g/mol. The van der Waals surface area contributed by atoms with Crippen LogP contribution in [0.3, 0.4) is 0 Å². The number of morpholine rings is 1. The van der Waals surface area contributed by atoms with Crippen molar-refractivity contribution >= 4 is 41.1 Å². The summed E-state index contributed by atoms with van der Waals surface area (Å²) in [7, 11) is 1.43. The Morgan fingerprint density at radius 1 is 0.721 bits per heavy atom. The molecule has 2 aliphatic rings. The molecule has 0 spiro atoms. The van der Waals surface area contributed by atoms with Crippen LogP contribution in [0.5, 0.6) is 5.75 Å². The molecule has 4 N–H and O–H groups in total. The maximum atomic E-state index is 14.5. The predicted octanol–water partition coefficient (Wildman–Crippen LogP) is 4.59. The number of rotatable bonds is 25. The van der Waals surface area contributed by atoms with Gasteiger partial charge in [0.05, 0.1) is 31.6 Å². The van der Waals surface area contributed by atoms with E-state index >= 15 is 0 Å². The highest BCUT2D eigenvalue weighted by atomic mass is 16.6. The normalized spacial score (nSPS) is 18.4. The fourth-order valence-corrected chi connectivity index (χ4v) is 8.55. The van der Waals surface area contributed by atoms with E-state index in [0.29, 0.717) is 67.2 Å². The molecule has 16 nitrogen and oxygen atoms in total. The number of hydrogen-bond acceptors (Lipinski definition) is 11. The van der Waals surface area contributed by atoms with Crippen molar-refractivity contribution in [2.75, 3.05) is 46.6 Å². The predicted molar refractivity (Wildman–Crippen MR) is 257 cm³/mol. The number of esters is 1. The number of Topliss-reactive ketones (excluding diaryl/α,β-unsaturated/α-hetero) is 1. The molecule has 0 unspecified atom stereocenters. The maximum absolute atomic E-state index is 14.5. The Hall–Kier alpha value is -5.97. The van der Waals surface area contributed by atoms with E-state index in [9.17, 15) is 28.8 Å². The van der Waals surface area contributed by atoms with Crippen LogP contribution >= 0.6 is 0 Å². The van der Waals surface area contributed by atoms with Gasteiger partial charge in [0, 0.05) is 24.5 Å². The molecule has 2 aliphatic heterocycles. The van der Waals surface area contributed by atoms with Gasteiger partial charge in [-0.1, -0.05) is 93.5 Å². The summed E-state index contributed by atoms with van der Waals surface area (Å²) < 4.78 is 17.0. The lowest BCUT2D eigenvalue weighted by molar-refractivity contribution is -0.940. The van der Waals surface area contributed by atoms with Crippen LogP contribution in [0.25, 0.3) is 0 Å². The van der Waals surface area contributed by atoms with Crippen LogP contribution < -0.4 is 26.0 Å². The third kappa shape index (κ3) is 16.1. The molecule has 3 aromatic carbocycles. The summed E-state index contributed by atoms with van der Waals surface area (Å²) in [5.41, 5.74) is 2.74. The number of carbonyl (C=O) groups is 6. The second-order valence-corrected chi connectivity index (χ2v) is 19.2. The number of benzene rings is 3. The van der Waals surface area contributed by atoms with Crippen LogP contribution in [-0.4, -0.2) is 122 Å². The summed E-state index contributed by atoms with van der Waals surface area (Å²) in [6.07, 6.45) is 1.48. The second kappa shape index (κ2) is 24.9. The number of aryl methyl sites for hydroxylation is 1. The molecule has 68 heavy (non-hydrogen) atoms. The molecule has 0 saturated carbocycles. The minimum atomic E-state index is -1.08. The number of oxime groups is 1. The number of epoxide rings is 1. The van der Waals surface area contributed by atoms with E-state index in [0.717, 1.165) is 16.7 Å². The second-order valence-electron chi connectivity index (χ2n) is 19.2. The van der Waals surface area contributed by atoms with Crippen LogP contribution in [0, 0.1) is 11.8 Å². The number of amides is 4. The highest BCUT2D eigenvalue weighted by molar-refractivity contribution is 6.01. The van der Waals surface area contributed by atoms with Gasteiger partial charge in [0.25, 0.3) is 5.91 Å². The minimum absolute atomic E-state index is 0.0302. The standard InChI is InChI=1S/C52H70N6O10/c1-34(2)27-43(48(61)52(7)33-67-52)54-51(64)45(30-39-17-13-10-14-18-39)56-50(63)44(28-35(3)4)55-49(62)42(21-19-38-15-11-9-12-16-38)53-47(60)32-58(23-25-66-26-24-58)31-40-20-22-46(68-37(6)59)41(29-40)36(5)57-65-8/h9-18,20,22,29,34-35,42-45H,19,21,23-28,30-33H2,1-8H3,(H3-,53,54,55,56,60,62,63,64)/p+1/b57-36+/t42-,43-,44-,45-,52+/m0/s1. The van der Waals surface area contributed by atoms with Crippen LogP contribution in [0.2, 0.25) is 0 Å². The van der Waals surface area contributed by atoms with Gasteiger partial charge in [-0.2, -0.15) is 0 Å². The smallest absolute Gasteiger partial charge is 0.308 e. The summed E-state index contributed by atoms with van der Waals surface area (Å²) in [6, 6.07) is 20.3. The molecule has 16 heteroatoms. The van der Waals surface area contributed by atoms with Crippen molar-refractivity contribution in [2.24, 2.45) is 17.0 Å². The van der Waals surface area contributed by atoms with Crippen molar-refractivity contribution in [3.8, 4) is 5.75 Å². The van der Waals surface area contributed by atoms with E-state index in [4.69, 9.17) is 19.0 Å². The first-order valence-electron chi connectivity index (χ1n) is 23.7. The zero-order chi connectivity index (χ0) is 49.4. The van der Waals surface area contributed by atoms with Gasteiger partial charge in [-0.05, 0) is 80.7 Å². The molecule has 5 atom stereocenters. The lowest BCUT2D eigenvalue weighted by Gasteiger charge is -2.41. The summed E-state index contributed by atoms with van der Waals surface area (Å²) in [5, 5.41) is 15.9. The Morgan fingerprint density at radius 3 is 1.87 bits per heavy atom. The summed E-state index contributed by atoms with van der Waals surface area (Å²) >= 11 is 0. The fourth-order valence-electron chi connectivity index (χ4n) is 8.55. The van der Waals surface area contributed by atoms with E-state index < -0.39 is 53.5 Å². The van der Waals surface area contributed by atoms with Gasteiger partial charge in [-0.3, -0.25) is 28.8 Å². The number of hydrogen-bond donors (Lipinski definition) is 4. The molecule has 0 aliphatic carbocycles. The average Bonchev–Trinajstić information content (AvgIpc) is 4.05. The number of nitrogens with one attached hydrogen (secondary N) is 4. The SMILES string of the molecule is CO/N=C(\C)c1cc(C[N+]2(CC(=O)N[C@@H](CCc3ccccc3)C(=O)N[C@@H](CC(C)C)C(=O)N[C@@H](Cc3ccccc3)C(=O)N[C@@H](CC(C)C)C(=O)[C@@]3(C)CO3)CCOCC2)ccc1OC(C)=O. The third-order valence-corrected chi connectivity index (χ3v) is 12.2. The van der Waals surface area contributed by atoms with Crippen molar-refractivity contribution in [3.63, 3.8) is 0 Å². The molecule has 3 aromatic rings. The third-order valence-electron chi connectivity index (χ3n) is 12.2. The highest BCUT2D eigenvalue weighted by Crippen LogP contribution is 2.30. The molecule has 0 bridgehead atoms. The van der Waals surface area contributed by atoms with Crippen molar-refractivity contribution in [2.45, 2.75) is 117 Å². The largest absolute Gasteiger partial charge is 0.426 e. The number of carbonyl (C=O) groups excluding carboxylic acids is 6. The van der Waals surface area contributed by atoms with Gasteiger partial charge in [0.1, 0.15) is 56.2 Å². The Balaban J connectivity index is 1.38. The Morgan fingerprint density at radius 2 is 1.28 bits per heavy atom. The van der Waals surface area contributed by atoms with E-state index in [-0.39, 0.29) is 55.9 Å². The molecule has 368 valence electrons. The topological polar surface area (TPSA) is 203 Å². The average molecular weight is 940 g/mol. The molecule has 0 aromatic heterocycles. The summed E-state index contributed by atoms with van der Waals surface area (Å²) in [5.74, 6) is -2.30.